The third kappa shape index (κ3) is 6.33. The maximum atomic E-state index is 5.11. The smallest absolute Gasteiger partial charge is 0.160 e. The van der Waals surface area contributed by atoms with Gasteiger partial charge in [0.05, 0.1) is 44.5 Å². The van der Waals surface area contributed by atoms with E-state index in [1.54, 1.807) is 0 Å². The maximum absolute atomic E-state index is 5.11. The molecule has 4 aromatic heterocycles. The Hall–Kier alpha value is -9.32. The number of nitrogens with zero attached hydrogens (tertiary/aromatic N) is 5. The Labute approximate surface area is 404 Å². The molecule has 0 radical (unpaired) electrons. The van der Waals surface area contributed by atoms with Gasteiger partial charge in [-0.2, -0.15) is 0 Å². The Bertz CT molecular complexity index is 4010. The predicted molar refractivity (Wildman–Crippen MR) is 292 cm³/mol. The van der Waals surface area contributed by atoms with Crippen LogP contribution in [0.1, 0.15) is 5.56 Å². The second-order valence-electron chi connectivity index (χ2n) is 18.2. The molecule has 0 aliphatic carbocycles. The van der Waals surface area contributed by atoms with Crippen molar-refractivity contribution in [3.8, 4) is 62.1 Å². The summed E-state index contributed by atoms with van der Waals surface area (Å²) in [6.07, 6.45) is 0. The lowest BCUT2D eigenvalue weighted by Gasteiger charge is -2.13. The van der Waals surface area contributed by atoms with Crippen molar-refractivity contribution >= 4 is 65.4 Å². The van der Waals surface area contributed by atoms with Gasteiger partial charge in [-0.15, -0.1) is 0 Å². The van der Waals surface area contributed by atoms with Crippen molar-refractivity contribution < 1.29 is 0 Å². The van der Waals surface area contributed by atoms with E-state index in [9.17, 15) is 0 Å². The minimum absolute atomic E-state index is 0.713. The average molecular weight is 894 g/mol. The quantitative estimate of drug-likeness (QED) is 0.160. The van der Waals surface area contributed by atoms with Crippen LogP contribution >= 0.6 is 0 Å². The number of aryl methyl sites for hydroxylation is 1. The Kier molecular flexibility index (Phi) is 9.04. The van der Waals surface area contributed by atoms with Gasteiger partial charge in [0.2, 0.25) is 0 Å². The first-order chi connectivity index (χ1) is 34.6. The fourth-order valence-electron chi connectivity index (χ4n) is 11.0. The second kappa shape index (κ2) is 15.9. The van der Waals surface area contributed by atoms with E-state index in [1.807, 2.05) is 24.3 Å². The topological polar surface area (TPSA) is 40.6 Å². The molecule has 14 rings (SSSR count). The summed E-state index contributed by atoms with van der Waals surface area (Å²) in [4.78, 5) is 10.1. The second-order valence-corrected chi connectivity index (χ2v) is 18.2. The van der Waals surface area contributed by atoms with Crippen molar-refractivity contribution in [1.82, 2.24) is 23.7 Å². The molecule has 10 aromatic carbocycles. The summed E-state index contributed by atoms with van der Waals surface area (Å²) < 4.78 is 7.27. The van der Waals surface area contributed by atoms with Crippen LogP contribution in [0.15, 0.2) is 243 Å². The van der Waals surface area contributed by atoms with Gasteiger partial charge in [-0.05, 0) is 109 Å². The van der Waals surface area contributed by atoms with Gasteiger partial charge in [-0.25, -0.2) is 9.97 Å². The van der Waals surface area contributed by atoms with Crippen LogP contribution in [-0.2, 0) is 0 Å². The van der Waals surface area contributed by atoms with Crippen LogP contribution in [-0.4, -0.2) is 23.7 Å². The molecule has 0 spiro atoms. The molecule has 70 heavy (non-hydrogen) atoms. The Balaban J connectivity index is 0.901. The highest BCUT2D eigenvalue weighted by Gasteiger charge is 2.20. The van der Waals surface area contributed by atoms with Gasteiger partial charge >= 0.3 is 0 Å². The van der Waals surface area contributed by atoms with Crippen molar-refractivity contribution in [1.29, 1.82) is 0 Å². The normalized spacial score (nSPS) is 11.8. The zero-order chi connectivity index (χ0) is 46.3. The fraction of sp³-hybridized carbons (Fsp3) is 0.0154. The highest BCUT2D eigenvalue weighted by Crippen LogP contribution is 2.40. The molecule has 0 atom stereocenters. The molecule has 0 aliphatic heterocycles. The molecule has 0 amide bonds. The van der Waals surface area contributed by atoms with Crippen LogP contribution in [0, 0.1) is 6.92 Å². The molecule has 328 valence electrons. The van der Waals surface area contributed by atoms with Gasteiger partial charge in [0.25, 0.3) is 0 Å². The van der Waals surface area contributed by atoms with Crippen LogP contribution < -0.4 is 0 Å². The van der Waals surface area contributed by atoms with Crippen LogP contribution in [0.5, 0.6) is 0 Å². The molecular weight excluding hydrogens is 851 g/mol. The molecular formula is C65H43N5. The molecule has 0 unspecified atom stereocenters. The minimum atomic E-state index is 0.713. The van der Waals surface area contributed by atoms with E-state index >= 15 is 0 Å². The summed E-state index contributed by atoms with van der Waals surface area (Å²) in [7, 11) is 0. The number of hydrogen-bond acceptors (Lipinski definition) is 2. The van der Waals surface area contributed by atoms with Crippen LogP contribution in [0.4, 0.5) is 0 Å². The van der Waals surface area contributed by atoms with Crippen LogP contribution in [0.3, 0.4) is 0 Å². The van der Waals surface area contributed by atoms with Gasteiger partial charge in [0.1, 0.15) is 0 Å². The number of para-hydroxylation sites is 4. The van der Waals surface area contributed by atoms with E-state index in [4.69, 9.17) is 9.97 Å². The number of hydrogen-bond donors (Lipinski definition) is 0. The van der Waals surface area contributed by atoms with Gasteiger partial charge in [-0.1, -0.05) is 158 Å². The van der Waals surface area contributed by atoms with Crippen molar-refractivity contribution in [3.05, 3.63) is 248 Å². The largest absolute Gasteiger partial charge is 0.309 e. The summed E-state index contributed by atoms with van der Waals surface area (Å²) in [5.41, 5.74) is 18.9. The fourth-order valence-corrected chi connectivity index (χ4v) is 11.0. The van der Waals surface area contributed by atoms with E-state index in [-0.39, 0.29) is 0 Å². The number of rotatable bonds is 7. The van der Waals surface area contributed by atoms with Crippen LogP contribution in [0.25, 0.3) is 128 Å². The zero-order valence-electron chi connectivity index (χ0n) is 38.3. The standard InChI is InChI=1S/C65H43N5/c1-42-38-46(58-41-57(44-16-4-2-5-17-44)66-65(67-58)45-18-6-3-7-19-45)30-35-50(42)43-28-31-47(32-29-43)68-63-36-33-48(69-59-24-12-8-20-51(59)52-21-9-13-25-60(52)69)39-55(63)56-40-49(34-37-64(56)68)70-61-26-14-10-22-53(61)54-23-11-15-27-62(54)70/h2-41H,1H3. The molecule has 0 bridgehead atoms. The number of fused-ring (bicyclic) bond motifs is 9. The molecule has 0 aliphatic rings. The van der Waals surface area contributed by atoms with Gasteiger partial charge in [0.15, 0.2) is 5.82 Å². The van der Waals surface area contributed by atoms with Crippen molar-refractivity contribution in [2.75, 3.05) is 0 Å². The van der Waals surface area contributed by atoms with Crippen molar-refractivity contribution in [2.45, 2.75) is 6.92 Å². The SMILES string of the molecule is Cc1cc(-c2cc(-c3ccccc3)nc(-c3ccccc3)n2)ccc1-c1ccc(-n2c3ccc(-n4c5ccccc5c5ccccc54)cc3c3cc(-n4c5ccccc5c5ccccc54)ccc32)cc1. The Morgan fingerprint density at radius 3 is 1.14 bits per heavy atom. The molecule has 0 fully saturated rings. The molecule has 5 heteroatoms. The minimum Gasteiger partial charge on any atom is -0.309 e. The van der Waals surface area contributed by atoms with E-state index < -0.39 is 0 Å². The molecule has 5 nitrogen and oxygen atoms in total. The predicted octanol–water partition coefficient (Wildman–Crippen LogP) is 16.7. The summed E-state index contributed by atoms with van der Waals surface area (Å²) in [6, 6.07) is 87.4. The maximum Gasteiger partial charge on any atom is 0.160 e. The van der Waals surface area contributed by atoms with Crippen molar-refractivity contribution in [2.24, 2.45) is 0 Å². The van der Waals surface area contributed by atoms with Gasteiger partial charge in [0, 0.05) is 66.1 Å². The lowest BCUT2D eigenvalue weighted by atomic mass is 9.96. The van der Waals surface area contributed by atoms with Gasteiger partial charge in [-0.3, -0.25) is 0 Å². The number of benzene rings is 10. The Morgan fingerprint density at radius 1 is 0.271 bits per heavy atom. The van der Waals surface area contributed by atoms with E-state index in [1.165, 1.54) is 65.5 Å². The monoisotopic (exact) mass is 893 g/mol. The summed E-state index contributed by atoms with van der Waals surface area (Å²) in [6.45, 7) is 2.20. The molecule has 4 heterocycles. The Morgan fingerprint density at radius 2 is 0.657 bits per heavy atom. The highest BCUT2D eigenvalue weighted by molar-refractivity contribution is 6.14. The van der Waals surface area contributed by atoms with E-state index in [2.05, 4.69) is 239 Å². The molecule has 0 saturated heterocycles. The summed E-state index contributed by atoms with van der Waals surface area (Å²) in [5, 5.41) is 7.40. The lowest BCUT2D eigenvalue weighted by molar-refractivity contribution is 1.16. The third-order valence-electron chi connectivity index (χ3n) is 14.2. The average Bonchev–Trinajstić information content (AvgIpc) is 4.06. The zero-order valence-corrected chi connectivity index (χ0v) is 38.3. The van der Waals surface area contributed by atoms with E-state index in [0.717, 1.165) is 61.7 Å². The first-order valence-electron chi connectivity index (χ1n) is 23.9. The van der Waals surface area contributed by atoms with Crippen LogP contribution in [0.2, 0.25) is 0 Å². The third-order valence-corrected chi connectivity index (χ3v) is 14.2. The molecule has 0 N–H and O–H groups in total. The number of aromatic nitrogens is 5. The van der Waals surface area contributed by atoms with Crippen molar-refractivity contribution in [3.63, 3.8) is 0 Å². The van der Waals surface area contributed by atoms with Gasteiger partial charge < -0.3 is 13.7 Å². The van der Waals surface area contributed by atoms with E-state index in [0.29, 0.717) is 5.82 Å². The molecule has 0 saturated carbocycles. The first-order valence-corrected chi connectivity index (χ1v) is 23.9. The summed E-state index contributed by atoms with van der Waals surface area (Å²) in [5.74, 6) is 0.713. The lowest BCUT2D eigenvalue weighted by Crippen LogP contribution is -1.97. The first kappa shape index (κ1) is 39.8. The molecule has 14 aromatic rings. The highest BCUT2D eigenvalue weighted by atomic mass is 15.0. The summed E-state index contributed by atoms with van der Waals surface area (Å²) >= 11 is 0.